The fourth-order valence-corrected chi connectivity index (χ4v) is 7.06. The maximum atomic E-state index is 14.7. The highest BCUT2D eigenvalue weighted by atomic mass is 19.1. The number of aryl methyl sites for hydroxylation is 1. The van der Waals surface area contributed by atoms with E-state index in [1.165, 1.54) is 24.1 Å². The lowest BCUT2D eigenvalue weighted by Crippen LogP contribution is -2.52. The van der Waals surface area contributed by atoms with Gasteiger partial charge in [0, 0.05) is 51.1 Å². The second-order valence-corrected chi connectivity index (χ2v) is 13.3. The zero-order chi connectivity index (χ0) is 31.5. The molecule has 1 aromatic heterocycles. The number of methoxy groups -OCH3 is 1. The third-order valence-corrected chi connectivity index (χ3v) is 9.63. The number of halogens is 1. The molecule has 2 fully saturated rings. The predicted molar refractivity (Wildman–Crippen MR) is 174 cm³/mol. The van der Waals surface area contributed by atoms with Gasteiger partial charge in [0.25, 0.3) is 5.91 Å². The largest absolute Gasteiger partial charge is 0.383 e. The van der Waals surface area contributed by atoms with Crippen LogP contribution in [0.2, 0.25) is 0 Å². The van der Waals surface area contributed by atoms with E-state index in [1.54, 1.807) is 13.2 Å². The maximum absolute atomic E-state index is 14.7. The van der Waals surface area contributed by atoms with E-state index in [0.717, 1.165) is 61.2 Å². The molecule has 3 heterocycles. The van der Waals surface area contributed by atoms with Crippen molar-refractivity contribution < 1.29 is 18.7 Å². The van der Waals surface area contributed by atoms with E-state index in [1.807, 2.05) is 36.7 Å². The summed E-state index contributed by atoms with van der Waals surface area (Å²) in [6.45, 7) is 14.4. The molecule has 2 aliphatic heterocycles. The number of hydrogen-bond acceptors (Lipinski definition) is 6. The molecule has 0 radical (unpaired) electrons. The van der Waals surface area contributed by atoms with E-state index in [2.05, 4.69) is 47.9 Å². The molecule has 2 aliphatic rings. The quantitative estimate of drug-likeness (QED) is 0.275. The van der Waals surface area contributed by atoms with E-state index in [0.29, 0.717) is 36.7 Å². The number of nitrogens with zero attached hydrogens (tertiary/aromatic N) is 5. The standard InChI is InChI=1S/C35H50FN5O3/c1-23(2)33(9-8-12-38(5)13-14-43-7)40-19-27(20-40)26-15-30(32-18-37-39(6)34(32)16-26)29-11-10-28(36)17-31(29)35(42)41-24(3)21-44-22-25(41)4/h10-11,15-18,23-25,27,33H,8-9,12-14,19-22H2,1-7H3/t24-,25-,33+/m1/s1. The van der Waals surface area contributed by atoms with Crippen LogP contribution >= 0.6 is 0 Å². The number of carbonyl (C=O) groups excluding carboxylic acids is 1. The average Bonchev–Trinajstić information content (AvgIpc) is 3.34. The molecule has 0 aliphatic carbocycles. The molecular weight excluding hydrogens is 557 g/mol. The number of benzene rings is 2. The van der Waals surface area contributed by atoms with Crippen LogP contribution in [-0.2, 0) is 16.5 Å². The van der Waals surface area contributed by atoms with Gasteiger partial charge in [-0.15, -0.1) is 0 Å². The van der Waals surface area contributed by atoms with Crippen molar-refractivity contribution in [2.75, 3.05) is 60.2 Å². The van der Waals surface area contributed by atoms with E-state index in [-0.39, 0.29) is 18.0 Å². The summed E-state index contributed by atoms with van der Waals surface area (Å²) in [7, 11) is 5.87. The summed E-state index contributed by atoms with van der Waals surface area (Å²) in [5, 5.41) is 5.54. The molecule has 2 saturated heterocycles. The summed E-state index contributed by atoms with van der Waals surface area (Å²) in [6, 6.07) is 9.44. The van der Waals surface area contributed by atoms with E-state index in [9.17, 15) is 9.18 Å². The summed E-state index contributed by atoms with van der Waals surface area (Å²) in [6.07, 6.45) is 4.20. The van der Waals surface area contributed by atoms with Gasteiger partial charge in [0.15, 0.2) is 0 Å². The van der Waals surface area contributed by atoms with Crippen LogP contribution in [0.1, 0.15) is 62.4 Å². The smallest absolute Gasteiger partial charge is 0.255 e. The Hall–Kier alpha value is -2.85. The van der Waals surface area contributed by atoms with Crippen molar-refractivity contribution in [3.63, 3.8) is 0 Å². The number of likely N-dealkylation sites (N-methyl/N-ethyl adjacent to an activating group) is 1. The highest BCUT2D eigenvalue weighted by Crippen LogP contribution is 2.39. The molecule has 2 aromatic carbocycles. The minimum Gasteiger partial charge on any atom is -0.383 e. The molecule has 44 heavy (non-hydrogen) atoms. The number of hydrogen-bond donors (Lipinski definition) is 0. The van der Waals surface area contributed by atoms with Crippen LogP contribution in [0, 0.1) is 11.7 Å². The van der Waals surface area contributed by atoms with Crippen LogP contribution in [0.5, 0.6) is 0 Å². The first-order valence-corrected chi connectivity index (χ1v) is 16.2. The molecule has 1 amide bonds. The highest BCUT2D eigenvalue weighted by Gasteiger charge is 2.36. The molecule has 5 rings (SSSR count). The van der Waals surface area contributed by atoms with Gasteiger partial charge in [0.2, 0.25) is 0 Å². The molecule has 3 aromatic rings. The lowest BCUT2D eigenvalue weighted by Gasteiger charge is -2.46. The highest BCUT2D eigenvalue weighted by molar-refractivity contribution is 6.06. The molecule has 0 N–H and O–H groups in total. The Balaban J connectivity index is 1.40. The first-order chi connectivity index (χ1) is 21.1. The predicted octanol–water partition coefficient (Wildman–Crippen LogP) is 5.41. The number of carbonyl (C=O) groups is 1. The number of aromatic nitrogens is 2. The molecule has 0 unspecified atom stereocenters. The summed E-state index contributed by atoms with van der Waals surface area (Å²) < 4.78 is 27.5. The normalized spacial score (nSPS) is 20.5. The Morgan fingerprint density at radius 1 is 1.11 bits per heavy atom. The van der Waals surface area contributed by atoms with Gasteiger partial charge in [0.1, 0.15) is 5.82 Å². The van der Waals surface area contributed by atoms with Gasteiger partial charge in [-0.05, 0) is 87.2 Å². The third kappa shape index (κ3) is 6.86. The monoisotopic (exact) mass is 607 g/mol. The van der Waals surface area contributed by atoms with Crippen LogP contribution < -0.4 is 0 Å². The van der Waals surface area contributed by atoms with Gasteiger partial charge >= 0.3 is 0 Å². The number of morpholine rings is 1. The van der Waals surface area contributed by atoms with Gasteiger partial charge in [-0.2, -0.15) is 5.10 Å². The molecule has 0 spiro atoms. The Bertz CT molecular complexity index is 1430. The number of amides is 1. The Morgan fingerprint density at radius 3 is 2.52 bits per heavy atom. The zero-order valence-corrected chi connectivity index (χ0v) is 27.6. The van der Waals surface area contributed by atoms with Crippen LogP contribution in [0.15, 0.2) is 36.5 Å². The molecule has 0 bridgehead atoms. The minimum absolute atomic E-state index is 0.0901. The van der Waals surface area contributed by atoms with Crippen molar-refractivity contribution in [3.05, 3.63) is 53.5 Å². The topological polar surface area (TPSA) is 63.1 Å². The van der Waals surface area contributed by atoms with Crippen LogP contribution in [0.3, 0.4) is 0 Å². The molecular formula is C35H50FN5O3. The molecule has 9 heteroatoms. The van der Waals surface area contributed by atoms with Crippen LogP contribution in [0.25, 0.3) is 22.0 Å². The molecule has 0 saturated carbocycles. The summed E-state index contributed by atoms with van der Waals surface area (Å²) in [5.74, 6) is 0.391. The zero-order valence-electron chi connectivity index (χ0n) is 27.6. The fraction of sp³-hybridized carbons (Fsp3) is 0.600. The molecule has 240 valence electrons. The Kier molecular flexibility index (Phi) is 10.4. The number of fused-ring (bicyclic) bond motifs is 1. The first-order valence-electron chi connectivity index (χ1n) is 16.2. The van der Waals surface area contributed by atoms with E-state index in [4.69, 9.17) is 9.47 Å². The second kappa shape index (κ2) is 14.1. The van der Waals surface area contributed by atoms with Crippen LogP contribution in [0.4, 0.5) is 4.39 Å². The molecule has 8 nitrogen and oxygen atoms in total. The van der Waals surface area contributed by atoms with Crippen molar-refractivity contribution in [1.29, 1.82) is 0 Å². The van der Waals surface area contributed by atoms with Crippen molar-refractivity contribution in [1.82, 2.24) is 24.5 Å². The maximum Gasteiger partial charge on any atom is 0.255 e. The lowest BCUT2D eigenvalue weighted by molar-refractivity contribution is -0.0249. The van der Waals surface area contributed by atoms with Gasteiger partial charge in [-0.25, -0.2) is 4.39 Å². The summed E-state index contributed by atoms with van der Waals surface area (Å²) in [5.41, 5.74) is 4.33. The minimum atomic E-state index is -0.413. The first kappa shape index (κ1) is 32.5. The van der Waals surface area contributed by atoms with Gasteiger partial charge < -0.3 is 19.3 Å². The average molecular weight is 608 g/mol. The van der Waals surface area contributed by atoms with Crippen LogP contribution in [-0.4, -0.2) is 109 Å². The second-order valence-electron chi connectivity index (χ2n) is 13.3. The van der Waals surface area contributed by atoms with Crippen molar-refractivity contribution in [3.8, 4) is 11.1 Å². The summed E-state index contributed by atoms with van der Waals surface area (Å²) in [4.78, 5) is 20.8. The van der Waals surface area contributed by atoms with Crippen molar-refractivity contribution in [2.45, 2.75) is 64.6 Å². The van der Waals surface area contributed by atoms with Crippen molar-refractivity contribution in [2.24, 2.45) is 13.0 Å². The fourth-order valence-electron chi connectivity index (χ4n) is 7.06. The Morgan fingerprint density at radius 2 is 1.84 bits per heavy atom. The number of rotatable bonds is 12. The lowest BCUT2D eigenvalue weighted by atomic mass is 9.84. The SMILES string of the molecule is COCCN(C)CCC[C@@H](C(C)C)N1CC(c2cc(-c3ccc(F)cc3C(=O)N3[C@H](C)COC[C@H]3C)c3cnn(C)c3c2)C1. The van der Waals surface area contributed by atoms with E-state index < -0.39 is 5.82 Å². The molecule has 3 atom stereocenters. The number of likely N-dealkylation sites (tertiary alicyclic amines) is 1. The number of ether oxygens (including phenoxy) is 2. The van der Waals surface area contributed by atoms with Gasteiger partial charge in [-0.3, -0.25) is 14.4 Å². The summed E-state index contributed by atoms with van der Waals surface area (Å²) >= 11 is 0. The Labute approximate surface area is 262 Å². The van der Waals surface area contributed by atoms with Gasteiger partial charge in [-0.1, -0.05) is 19.9 Å². The van der Waals surface area contributed by atoms with Gasteiger partial charge in [0.05, 0.1) is 49.2 Å². The van der Waals surface area contributed by atoms with E-state index >= 15 is 0 Å². The van der Waals surface area contributed by atoms with Crippen molar-refractivity contribution >= 4 is 16.8 Å². The third-order valence-electron chi connectivity index (χ3n) is 9.63.